The van der Waals surface area contributed by atoms with Crippen LogP contribution in [-0.4, -0.2) is 28.0 Å². The zero-order valence-electron chi connectivity index (χ0n) is 11.5. The van der Waals surface area contributed by atoms with Crippen LogP contribution in [0, 0.1) is 5.92 Å². The normalized spacial score (nSPS) is 12.4. The lowest BCUT2D eigenvalue weighted by Gasteiger charge is -2.16. The molecule has 1 heterocycles. The Balaban J connectivity index is 2.74. The molecular weight excluding hydrogens is 310 g/mol. The average Bonchev–Trinajstić information content (AvgIpc) is 2.42. The van der Waals surface area contributed by atoms with Gasteiger partial charge in [0, 0.05) is 19.7 Å². The van der Waals surface area contributed by atoms with Gasteiger partial charge in [-0.15, -0.1) is 0 Å². The molecule has 0 aliphatic rings. The van der Waals surface area contributed by atoms with Crippen molar-refractivity contribution in [3.05, 3.63) is 21.0 Å². The first-order valence-electron chi connectivity index (χ1n) is 6.74. The van der Waals surface area contributed by atoms with E-state index in [1.165, 1.54) is 4.68 Å². The highest BCUT2D eigenvalue weighted by atomic mass is 79.9. The number of halogens is 1. The van der Waals surface area contributed by atoms with Gasteiger partial charge in [-0.3, -0.25) is 4.79 Å². The second-order valence-electron chi connectivity index (χ2n) is 4.57. The lowest BCUT2D eigenvalue weighted by molar-refractivity contribution is 0.258. The number of nitrogens with zero attached hydrogens (tertiary/aromatic N) is 2. The van der Waals surface area contributed by atoms with Crippen LogP contribution in [0.2, 0.25) is 0 Å². The van der Waals surface area contributed by atoms with E-state index < -0.39 is 0 Å². The summed E-state index contributed by atoms with van der Waals surface area (Å²) in [5.41, 5.74) is 0.607. The first-order chi connectivity index (χ1) is 9.13. The Hall–Kier alpha value is -0.880. The predicted octanol–water partition coefficient (Wildman–Crippen LogP) is 2.24. The second kappa shape index (κ2) is 8.32. The van der Waals surface area contributed by atoms with Gasteiger partial charge in [0.05, 0.1) is 11.9 Å². The quantitative estimate of drug-likeness (QED) is 0.766. The number of nitrogens with one attached hydrogen (secondary N) is 1. The smallest absolute Gasteiger partial charge is 0.283 e. The maximum absolute atomic E-state index is 12.0. The topological polar surface area (TPSA) is 67.2 Å². The van der Waals surface area contributed by atoms with Gasteiger partial charge in [0.25, 0.3) is 5.56 Å². The third kappa shape index (κ3) is 4.62. The molecule has 1 aromatic heterocycles. The molecule has 5 nitrogen and oxygen atoms in total. The van der Waals surface area contributed by atoms with Crippen molar-refractivity contribution in [1.82, 2.24) is 9.78 Å². The molecule has 1 unspecified atom stereocenters. The lowest BCUT2D eigenvalue weighted by atomic mass is 10.0. The van der Waals surface area contributed by atoms with Crippen molar-refractivity contribution in [2.45, 2.75) is 39.7 Å². The molecule has 2 N–H and O–H groups in total. The molecule has 0 amide bonds. The van der Waals surface area contributed by atoms with Crippen LogP contribution in [0.3, 0.4) is 0 Å². The minimum Gasteiger partial charge on any atom is -0.396 e. The van der Waals surface area contributed by atoms with Crippen molar-refractivity contribution in [3.63, 3.8) is 0 Å². The Bertz CT molecular complexity index is 448. The summed E-state index contributed by atoms with van der Waals surface area (Å²) >= 11 is 3.33. The maximum Gasteiger partial charge on any atom is 0.283 e. The monoisotopic (exact) mass is 331 g/mol. The summed E-state index contributed by atoms with van der Waals surface area (Å²) < 4.78 is 1.98. The van der Waals surface area contributed by atoms with Crippen LogP contribution in [0.25, 0.3) is 0 Å². The number of aliphatic hydroxyl groups excluding tert-OH is 1. The fourth-order valence-electron chi connectivity index (χ4n) is 1.85. The molecule has 0 fully saturated rings. The molecule has 0 aromatic carbocycles. The van der Waals surface area contributed by atoms with Crippen molar-refractivity contribution < 1.29 is 5.11 Å². The summed E-state index contributed by atoms with van der Waals surface area (Å²) in [5.74, 6) is 0.398. The van der Waals surface area contributed by atoms with Gasteiger partial charge in [0.15, 0.2) is 0 Å². The molecule has 0 bridgehead atoms. The standard InChI is InChI=1S/C13H22BrN3O2/c1-3-6-17-13(19)12(14)11(9-16-17)15-8-10(4-2)5-7-18/h9-10,15,18H,3-8H2,1-2H3. The molecule has 0 aliphatic heterocycles. The van der Waals surface area contributed by atoms with E-state index in [0.717, 1.165) is 25.8 Å². The van der Waals surface area contributed by atoms with Crippen LogP contribution in [0.1, 0.15) is 33.1 Å². The summed E-state index contributed by atoms with van der Waals surface area (Å²) in [7, 11) is 0. The number of hydrogen-bond acceptors (Lipinski definition) is 4. The molecule has 0 saturated heterocycles. The van der Waals surface area contributed by atoms with Crippen molar-refractivity contribution in [2.24, 2.45) is 5.92 Å². The van der Waals surface area contributed by atoms with Crippen molar-refractivity contribution in [1.29, 1.82) is 0 Å². The molecule has 1 atom stereocenters. The summed E-state index contributed by atoms with van der Waals surface area (Å²) in [4.78, 5) is 12.0. The number of aromatic nitrogens is 2. The third-order valence-corrected chi connectivity index (χ3v) is 3.88. The van der Waals surface area contributed by atoms with Gasteiger partial charge in [-0.25, -0.2) is 4.68 Å². The minimum absolute atomic E-state index is 0.109. The van der Waals surface area contributed by atoms with E-state index in [1.54, 1.807) is 6.20 Å². The van der Waals surface area contributed by atoms with E-state index in [2.05, 4.69) is 33.3 Å². The van der Waals surface area contributed by atoms with Crippen LogP contribution in [-0.2, 0) is 6.54 Å². The fraction of sp³-hybridized carbons (Fsp3) is 0.692. The molecule has 0 saturated carbocycles. The van der Waals surface area contributed by atoms with E-state index in [0.29, 0.717) is 22.6 Å². The molecule has 1 aromatic rings. The van der Waals surface area contributed by atoms with Crippen molar-refractivity contribution in [3.8, 4) is 0 Å². The maximum atomic E-state index is 12.0. The Morgan fingerprint density at radius 2 is 2.26 bits per heavy atom. The van der Waals surface area contributed by atoms with Gasteiger partial charge in [-0.1, -0.05) is 20.3 Å². The van der Waals surface area contributed by atoms with E-state index in [9.17, 15) is 4.79 Å². The van der Waals surface area contributed by atoms with E-state index >= 15 is 0 Å². The number of aryl methyl sites for hydroxylation is 1. The van der Waals surface area contributed by atoms with Crippen LogP contribution in [0.4, 0.5) is 5.69 Å². The molecule has 6 heteroatoms. The molecule has 108 valence electrons. The SMILES string of the molecule is CCCn1ncc(NCC(CC)CCO)c(Br)c1=O. The third-order valence-electron chi connectivity index (χ3n) is 3.12. The zero-order chi connectivity index (χ0) is 14.3. The predicted molar refractivity (Wildman–Crippen MR) is 80.5 cm³/mol. The highest BCUT2D eigenvalue weighted by molar-refractivity contribution is 9.10. The van der Waals surface area contributed by atoms with Crippen LogP contribution >= 0.6 is 15.9 Å². The Labute approximate surface area is 122 Å². The molecule has 1 rings (SSSR count). The van der Waals surface area contributed by atoms with Gasteiger partial charge in [0.2, 0.25) is 0 Å². The summed E-state index contributed by atoms with van der Waals surface area (Å²) in [6.07, 6.45) is 4.31. The largest absolute Gasteiger partial charge is 0.396 e. The summed E-state index contributed by atoms with van der Waals surface area (Å²) in [6, 6.07) is 0. The first kappa shape index (κ1) is 16.2. The number of aliphatic hydroxyl groups is 1. The number of hydrogen-bond donors (Lipinski definition) is 2. The molecular formula is C13H22BrN3O2. The van der Waals surface area contributed by atoms with Gasteiger partial charge in [0.1, 0.15) is 4.47 Å². The highest BCUT2D eigenvalue weighted by Gasteiger charge is 2.10. The molecule has 0 spiro atoms. The van der Waals surface area contributed by atoms with E-state index in [-0.39, 0.29) is 12.2 Å². The Morgan fingerprint density at radius 1 is 1.53 bits per heavy atom. The average molecular weight is 332 g/mol. The van der Waals surface area contributed by atoms with Gasteiger partial charge < -0.3 is 10.4 Å². The minimum atomic E-state index is -0.109. The number of rotatable bonds is 8. The highest BCUT2D eigenvalue weighted by Crippen LogP contribution is 2.18. The van der Waals surface area contributed by atoms with Crippen LogP contribution < -0.4 is 10.9 Å². The molecule has 0 aliphatic carbocycles. The van der Waals surface area contributed by atoms with E-state index in [4.69, 9.17) is 5.11 Å². The second-order valence-corrected chi connectivity index (χ2v) is 5.36. The zero-order valence-corrected chi connectivity index (χ0v) is 13.1. The molecule has 19 heavy (non-hydrogen) atoms. The molecule has 0 radical (unpaired) electrons. The first-order valence-corrected chi connectivity index (χ1v) is 7.53. The Kier molecular flexibility index (Phi) is 7.09. The fourth-order valence-corrected chi connectivity index (χ4v) is 2.29. The van der Waals surface area contributed by atoms with Crippen molar-refractivity contribution in [2.75, 3.05) is 18.5 Å². The van der Waals surface area contributed by atoms with Crippen LogP contribution in [0.15, 0.2) is 15.5 Å². The number of anilines is 1. The Morgan fingerprint density at radius 3 is 2.84 bits per heavy atom. The van der Waals surface area contributed by atoms with Crippen LogP contribution in [0.5, 0.6) is 0 Å². The van der Waals surface area contributed by atoms with Gasteiger partial charge in [-0.2, -0.15) is 5.10 Å². The summed E-state index contributed by atoms with van der Waals surface area (Å²) in [5, 5.41) is 16.3. The van der Waals surface area contributed by atoms with Gasteiger partial charge in [-0.05, 0) is 34.7 Å². The lowest BCUT2D eigenvalue weighted by Crippen LogP contribution is -2.25. The van der Waals surface area contributed by atoms with Gasteiger partial charge >= 0.3 is 0 Å². The van der Waals surface area contributed by atoms with E-state index in [1.807, 2.05) is 6.92 Å². The summed E-state index contributed by atoms with van der Waals surface area (Å²) in [6.45, 7) is 5.65. The van der Waals surface area contributed by atoms with Crippen molar-refractivity contribution >= 4 is 21.6 Å².